The third kappa shape index (κ3) is 3.54. The summed E-state index contributed by atoms with van der Waals surface area (Å²) < 4.78 is 11.2. The Morgan fingerprint density at radius 2 is 1.64 bits per heavy atom. The van der Waals surface area contributed by atoms with Crippen LogP contribution in [-0.2, 0) is 4.79 Å². The second kappa shape index (κ2) is 6.32. The maximum atomic E-state index is 12.1. The van der Waals surface area contributed by atoms with Crippen LogP contribution in [0, 0.1) is 5.92 Å². The molecule has 1 aliphatic rings. The van der Waals surface area contributed by atoms with Gasteiger partial charge in [0, 0.05) is 10.5 Å². The molecule has 2 aromatic carbocycles. The minimum Gasteiger partial charge on any atom is -0.426 e. The lowest BCUT2D eigenvalue weighted by Crippen LogP contribution is -2.11. The molecular formula is C17H13BrO4. The lowest BCUT2D eigenvalue weighted by Gasteiger charge is -2.08. The smallest absolute Gasteiger partial charge is 0.344 e. The van der Waals surface area contributed by atoms with Gasteiger partial charge in [-0.3, -0.25) is 4.79 Å². The van der Waals surface area contributed by atoms with Gasteiger partial charge in [0.1, 0.15) is 11.5 Å². The van der Waals surface area contributed by atoms with Crippen LogP contribution in [0.25, 0.3) is 0 Å². The van der Waals surface area contributed by atoms with E-state index in [4.69, 9.17) is 9.47 Å². The first-order chi connectivity index (χ1) is 10.6. The highest BCUT2D eigenvalue weighted by atomic mass is 79.9. The highest BCUT2D eigenvalue weighted by Gasteiger charge is 2.31. The first-order valence-electron chi connectivity index (χ1n) is 6.92. The molecule has 1 aliphatic carbocycles. The van der Waals surface area contributed by atoms with Gasteiger partial charge in [0.15, 0.2) is 0 Å². The van der Waals surface area contributed by atoms with Crippen molar-refractivity contribution >= 4 is 27.9 Å². The number of esters is 2. The molecule has 0 aromatic heterocycles. The standard InChI is InChI=1S/C17H13BrO4/c18-15-7-2-1-6-14(15)17(20)22-13-5-3-4-12(10-13)21-16(19)11-8-9-11/h1-7,10-11H,8-9H2. The Labute approximate surface area is 136 Å². The van der Waals surface area contributed by atoms with Gasteiger partial charge in [-0.2, -0.15) is 0 Å². The zero-order valence-corrected chi connectivity index (χ0v) is 13.2. The summed E-state index contributed by atoms with van der Waals surface area (Å²) >= 11 is 3.31. The highest BCUT2D eigenvalue weighted by Crippen LogP contribution is 2.31. The first kappa shape index (κ1) is 14.8. The van der Waals surface area contributed by atoms with E-state index >= 15 is 0 Å². The fourth-order valence-corrected chi connectivity index (χ4v) is 2.36. The molecule has 0 amide bonds. The molecule has 0 saturated heterocycles. The Hall–Kier alpha value is -2.14. The van der Waals surface area contributed by atoms with Gasteiger partial charge in [0.05, 0.1) is 11.5 Å². The van der Waals surface area contributed by atoms with E-state index in [2.05, 4.69) is 15.9 Å². The van der Waals surface area contributed by atoms with E-state index in [-0.39, 0.29) is 11.9 Å². The topological polar surface area (TPSA) is 52.6 Å². The number of rotatable bonds is 4. The maximum absolute atomic E-state index is 12.1. The zero-order valence-electron chi connectivity index (χ0n) is 11.6. The van der Waals surface area contributed by atoms with Gasteiger partial charge in [-0.1, -0.05) is 18.2 Å². The fourth-order valence-electron chi connectivity index (χ4n) is 1.91. The fraction of sp³-hybridized carbons (Fsp3) is 0.176. The minimum absolute atomic E-state index is 0.0199. The van der Waals surface area contributed by atoms with Crippen LogP contribution in [0.15, 0.2) is 53.0 Å². The van der Waals surface area contributed by atoms with Crippen LogP contribution >= 0.6 is 15.9 Å². The van der Waals surface area contributed by atoms with Gasteiger partial charge in [0.25, 0.3) is 0 Å². The minimum atomic E-state index is -0.474. The molecule has 0 unspecified atom stereocenters. The largest absolute Gasteiger partial charge is 0.426 e. The van der Waals surface area contributed by atoms with Gasteiger partial charge in [-0.15, -0.1) is 0 Å². The Bertz CT molecular complexity index is 722. The van der Waals surface area contributed by atoms with Crippen molar-refractivity contribution in [3.05, 3.63) is 58.6 Å². The van der Waals surface area contributed by atoms with Crippen LogP contribution in [0.1, 0.15) is 23.2 Å². The molecule has 0 aliphatic heterocycles. The molecule has 0 bridgehead atoms. The summed E-state index contributed by atoms with van der Waals surface area (Å²) in [5.41, 5.74) is 0.433. The predicted molar refractivity (Wildman–Crippen MR) is 83.9 cm³/mol. The molecule has 1 fully saturated rings. The molecule has 1 saturated carbocycles. The van der Waals surface area contributed by atoms with E-state index in [1.54, 1.807) is 36.4 Å². The van der Waals surface area contributed by atoms with Crippen LogP contribution in [-0.4, -0.2) is 11.9 Å². The van der Waals surface area contributed by atoms with Crippen molar-refractivity contribution in [1.29, 1.82) is 0 Å². The third-order valence-corrected chi connectivity index (χ3v) is 3.93. The number of ether oxygens (including phenoxy) is 2. The van der Waals surface area contributed by atoms with Crippen LogP contribution in [0.5, 0.6) is 11.5 Å². The quantitative estimate of drug-likeness (QED) is 0.611. The number of halogens is 1. The zero-order chi connectivity index (χ0) is 15.5. The average molecular weight is 361 g/mol. The number of benzene rings is 2. The summed E-state index contributed by atoms with van der Waals surface area (Å²) in [4.78, 5) is 23.8. The monoisotopic (exact) mass is 360 g/mol. The Morgan fingerprint density at radius 1 is 0.955 bits per heavy atom. The lowest BCUT2D eigenvalue weighted by molar-refractivity contribution is -0.135. The molecule has 112 valence electrons. The molecule has 0 radical (unpaired) electrons. The number of carbonyl (C=O) groups is 2. The molecule has 5 heteroatoms. The normalized spacial score (nSPS) is 13.5. The van der Waals surface area contributed by atoms with Crippen LogP contribution < -0.4 is 9.47 Å². The van der Waals surface area contributed by atoms with Crippen molar-refractivity contribution < 1.29 is 19.1 Å². The third-order valence-electron chi connectivity index (χ3n) is 3.24. The van der Waals surface area contributed by atoms with Crippen molar-refractivity contribution in [3.8, 4) is 11.5 Å². The lowest BCUT2D eigenvalue weighted by atomic mass is 10.2. The number of carbonyl (C=O) groups excluding carboxylic acids is 2. The summed E-state index contributed by atoms with van der Waals surface area (Å²) in [6, 6.07) is 13.5. The number of hydrogen-bond acceptors (Lipinski definition) is 4. The van der Waals surface area contributed by atoms with E-state index in [0.29, 0.717) is 21.5 Å². The molecule has 22 heavy (non-hydrogen) atoms. The molecule has 3 rings (SSSR count). The summed E-state index contributed by atoms with van der Waals surface area (Å²) in [6.07, 6.45) is 1.77. The molecule has 0 N–H and O–H groups in total. The predicted octanol–water partition coefficient (Wildman–Crippen LogP) is 3.98. The van der Waals surface area contributed by atoms with E-state index in [1.165, 1.54) is 6.07 Å². The number of hydrogen-bond donors (Lipinski definition) is 0. The maximum Gasteiger partial charge on any atom is 0.344 e. The molecule has 4 nitrogen and oxygen atoms in total. The SMILES string of the molecule is O=C(Oc1cccc(OC(=O)C2CC2)c1)c1ccccc1Br. The van der Waals surface area contributed by atoms with Gasteiger partial charge in [-0.05, 0) is 53.0 Å². The van der Waals surface area contributed by atoms with Gasteiger partial charge < -0.3 is 9.47 Å². The van der Waals surface area contributed by atoms with E-state index in [0.717, 1.165) is 12.8 Å². The molecule has 0 spiro atoms. The highest BCUT2D eigenvalue weighted by molar-refractivity contribution is 9.10. The van der Waals surface area contributed by atoms with Crippen molar-refractivity contribution in [2.45, 2.75) is 12.8 Å². The van der Waals surface area contributed by atoms with Gasteiger partial charge in [-0.25, -0.2) is 4.79 Å². The van der Waals surface area contributed by atoms with Gasteiger partial charge >= 0.3 is 11.9 Å². The summed E-state index contributed by atoms with van der Waals surface area (Å²) in [5, 5.41) is 0. The van der Waals surface area contributed by atoms with Crippen molar-refractivity contribution in [3.63, 3.8) is 0 Å². The molecule has 0 atom stereocenters. The summed E-state index contributed by atoms with van der Waals surface area (Å²) in [5.74, 6) is 0.0371. The van der Waals surface area contributed by atoms with E-state index < -0.39 is 5.97 Å². The van der Waals surface area contributed by atoms with Crippen LogP contribution in [0.2, 0.25) is 0 Å². The van der Waals surface area contributed by atoms with E-state index in [9.17, 15) is 9.59 Å². The Kier molecular flexibility index (Phi) is 4.24. The van der Waals surface area contributed by atoms with Crippen molar-refractivity contribution in [2.24, 2.45) is 5.92 Å². The van der Waals surface area contributed by atoms with Crippen molar-refractivity contribution in [2.75, 3.05) is 0 Å². The van der Waals surface area contributed by atoms with E-state index in [1.807, 2.05) is 6.07 Å². The first-order valence-corrected chi connectivity index (χ1v) is 7.71. The molecule has 2 aromatic rings. The summed E-state index contributed by atoms with van der Waals surface area (Å²) in [7, 11) is 0. The Morgan fingerprint density at radius 3 is 2.32 bits per heavy atom. The Balaban J connectivity index is 1.71. The van der Waals surface area contributed by atoms with Crippen molar-refractivity contribution in [1.82, 2.24) is 0 Å². The second-order valence-corrected chi connectivity index (χ2v) is 5.89. The second-order valence-electron chi connectivity index (χ2n) is 5.04. The van der Waals surface area contributed by atoms with Crippen LogP contribution in [0.4, 0.5) is 0 Å². The average Bonchev–Trinajstić information content (AvgIpc) is 3.32. The molecular weight excluding hydrogens is 348 g/mol. The van der Waals surface area contributed by atoms with Crippen LogP contribution in [0.3, 0.4) is 0 Å². The summed E-state index contributed by atoms with van der Waals surface area (Å²) in [6.45, 7) is 0. The molecule has 0 heterocycles. The van der Waals surface area contributed by atoms with Gasteiger partial charge in [0.2, 0.25) is 0 Å².